The Balaban J connectivity index is 2.03. The molecule has 0 heterocycles. The van der Waals surface area contributed by atoms with Crippen LogP contribution in [0, 0.1) is 10.1 Å². The average molecular weight is 323 g/mol. The standard InChI is InChI=1S/C16H12F3NO3/c17-16(18,19)13-3-1-2-12(8-13)10-15(21)9-11-4-6-14(7-5-11)20(22)23/h1-8H,9-10H2. The van der Waals surface area contributed by atoms with Crippen LogP contribution in [-0.2, 0) is 23.8 Å². The highest BCUT2D eigenvalue weighted by molar-refractivity contribution is 5.83. The molecule has 0 saturated heterocycles. The molecule has 0 aliphatic carbocycles. The maximum atomic E-state index is 12.6. The minimum Gasteiger partial charge on any atom is -0.299 e. The number of nitro groups is 1. The molecule has 4 nitrogen and oxygen atoms in total. The van der Waals surface area contributed by atoms with Gasteiger partial charge in [0, 0.05) is 25.0 Å². The minimum absolute atomic E-state index is 0.00817. The summed E-state index contributed by atoms with van der Waals surface area (Å²) in [6.45, 7) is 0. The zero-order valence-electron chi connectivity index (χ0n) is 11.8. The Kier molecular flexibility index (Phi) is 4.78. The van der Waals surface area contributed by atoms with E-state index in [1.165, 1.54) is 36.4 Å². The number of carbonyl (C=O) groups is 1. The summed E-state index contributed by atoms with van der Waals surface area (Å²) in [5.74, 6) is -0.266. The molecule has 0 aliphatic rings. The van der Waals surface area contributed by atoms with Crippen LogP contribution in [0.25, 0.3) is 0 Å². The van der Waals surface area contributed by atoms with Crippen LogP contribution in [0.4, 0.5) is 18.9 Å². The Labute approximate surface area is 129 Å². The van der Waals surface area contributed by atoms with Crippen molar-refractivity contribution < 1.29 is 22.9 Å². The van der Waals surface area contributed by atoms with Crippen molar-refractivity contribution in [3.63, 3.8) is 0 Å². The Bertz CT molecular complexity index is 724. The number of ketones is 1. The number of carbonyl (C=O) groups excluding carboxylic acids is 1. The largest absolute Gasteiger partial charge is 0.416 e. The second-order valence-electron chi connectivity index (χ2n) is 5.01. The molecular weight excluding hydrogens is 311 g/mol. The molecule has 0 N–H and O–H groups in total. The Morgan fingerprint density at radius 3 is 2.17 bits per heavy atom. The van der Waals surface area contributed by atoms with E-state index in [1.807, 2.05) is 0 Å². The molecule has 2 aromatic carbocycles. The van der Waals surface area contributed by atoms with Gasteiger partial charge in [-0.2, -0.15) is 13.2 Å². The van der Waals surface area contributed by atoms with E-state index >= 15 is 0 Å². The van der Waals surface area contributed by atoms with E-state index in [2.05, 4.69) is 0 Å². The molecule has 0 unspecified atom stereocenters. The maximum absolute atomic E-state index is 12.6. The summed E-state index contributed by atoms with van der Waals surface area (Å²) in [6.07, 6.45) is -4.56. The SMILES string of the molecule is O=C(Cc1ccc([N+](=O)[O-])cc1)Cc1cccc(C(F)(F)F)c1. The topological polar surface area (TPSA) is 60.2 Å². The van der Waals surface area contributed by atoms with Gasteiger partial charge in [-0.15, -0.1) is 0 Å². The lowest BCUT2D eigenvalue weighted by Gasteiger charge is -2.08. The summed E-state index contributed by atoms with van der Waals surface area (Å²) < 4.78 is 37.8. The van der Waals surface area contributed by atoms with Crippen LogP contribution in [-0.4, -0.2) is 10.7 Å². The highest BCUT2D eigenvalue weighted by Gasteiger charge is 2.30. The number of Topliss-reactive ketones (excluding diaryl/α,β-unsaturated/α-hetero) is 1. The lowest BCUT2D eigenvalue weighted by Crippen LogP contribution is -2.09. The van der Waals surface area contributed by atoms with Gasteiger partial charge in [-0.1, -0.05) is 30.3 Å². The van der Waals surface area contributed by atoms with Crippen LogP contribution < -0.4 is 0 Å². The van der Waals surface area contributed by atoms with Gasteiger partial charge in [0.05, 0.1) is 10.5 Å². The van der Waals surface area contributed by atoms with Gasteiger partial charge in [0.2, 0.25) is 0 Å². The molecule has 0 atom stereocenters. The van der Waals surface area contributed by atoms with Gasteiger partial charge in [0.15, 0.2) is 0 Å². The highest BCUT2D eigenvalue weighted by atomic mass is 19.4. The van der Waals surface area contributed by atoms with Gasteiger partial charge >= 0.3 is 6.18 Å². The molecule has 0 fully saturated rings. The minimum atomic E-state index is -4.45. The van der Waals surface area contributed by atoms with Crippen molar-refractivity contribution in [2.75, 3.05) is 0 Å². The van der Waals surface area contributed by atoms with Crippen LogP contribution in [0.3, 0.4) is 0 Å². The van der Waals surface area contributed by atoms with Crippen molar-refractivity contribution in [2.24, 2.45) is 0 Å². The molecule has 0 bridgehead atoms. The van der Waals surface area contributed by atoms with E-state index in [0.717, 1.165) is 12.1 Å². The number of nitrogens with zero attached hydrogens (tertiary/aromatic N) is 1. The predicted molar refractivity (Wildman–Crippen MR) is 77.0 cm³/mol. The van der Waals surface area contributed by atoms with Crippen molar-refractivity contribution >= 4 is 11.5 Å². The molecule has 2 aromatic rings. The van der Waals surface area contributed by atoms with E-state index in [-0.39, 0.29) is 29.9 Å². The second-order valence-corrected chi connectivity index (χ2v) is 5.01. The Morgan fingerprint density at radius 1 is 1.00 bits per heavy atom. The van der Waals surface area contributed by atoms with Gasteiger partial charge < -0.3 is 0 Å². The van der Waals surface area contributed by atoms with E-state index in [1.54, 1.807) is 0 Å². The molecule has 0 aromatic heterocycles. The molecule has 0 aliphatic heterocycles. The van der Waals surface area contributed by atoms with E-state index < -0.39 is 16.7 Å². The first kappa shape index (κ1) is 16.7. The molecule has 23 heavy (non-hydrogen) atoms. The van der Waals surface area contributed by atoms with Crippen molar-refractivity contribution in [2.45, 2.75) is 19.0 Å². The summed E-state index contributed by atoms with van der Waals surface area (Å²) >= 11 is 0. The van der Waals surface area contributed by atoms with Crippen LogP contribution in [0.5, 0.6) is 0 Å². The zero-order chi connectivity index (χ0) is 17.0. The molecule has 0 amide bonds. The van der Waals surface area contributed by atoms with Crippen LogP contribution in [0.2, 0.25) is 0 Å². The Hall–Kier alpha value is -2.70. The normalized spacial score (nSPS) is 11.3. The summed E-state index contributed by atoms with van der Waals surface area (Å²) in [6, 6.07) is 10.1. The first-order valence-electron chi connectivity index (χ1n) is 6.67. The molecule has 0 radical (unpaired) electrons. The van der Waals surface area contributed by atoms with Crippen molar-refractivity contribution in [1.82, 2.24) is 0 Å². The monoisotopic (exact) mass is 323 g/mol. The fraction of sp³-hybridized carbons (Fsp3) is 0.188. The number of hydrogen-bond acceptors (Lipinski definition) is 3. The molecule has 0 spiro atoms. The number of rotatable bonds is 5. The van der Waals surface area contributed by atoms with Gasteiger partial charge in [0.25, 0.3) is 5.69 Å². The molecule has 7 heteroatoms. The third-order valence-electron chi connectivity index (χ3n) is 3.20. The fourth-order valence-corrected chi connectivity index (χ4v) is 2.11. The molecule has 0 saturated carbocycles. The van der Waals surface area contributed by atoms with Gasteiger partial charge in [-0.25, -0.2) is 0 Å². The van der Waals surface area contributed by atoms with Gasteiger partial charge in [0.1, 0.15) is 5.78 Å². The van der Waals surface area contributed by atoms with Gasteiger partial charge in [-0.05, 0) is 17.2 Å². The first-order chi connectivity index (χ1) is 10.8. The summed E-state index contributed by atoms with van der Waals surface area (Å²) in [5.41, 5.74) is -0.0171. The zero-order valence-corrected chi connectivity index (χ0v) is 11.8. The number of nitro benzene ring substituents is 1. The number of halogens is 3. The third-order valence-corrected chi connectivity index (χ3v) is 3.20. The van der Waals surface area contributed by atoms with Crippen molar-refractivity contribution in [3.8, 4) is 0 Å². The maximum Gasteiger partial charge on any atom is 0.416 e. The second kappa shape index (κ2) is 6.60. The van der Waals surface area contributed by atoms with E-state index in [9.17, 15) is 28.1 Å². The van der Waals surface area contributed by atoms with Crippen LogP contribution in [0.1, 0.15) is 16.7 Å². The smallest absolute Gasteiger partial charge is 0.299 e. The quantitative estimate of drug-likeness (QED) is 0.618. The summed E-state index contributed by atoms with van der Waals surface area (Å²) in [7, 11) is 0. The number of benzene rings is 2. The van der Waals surface area contributed by atoms with E-state index in [0.29, 0.717) is 5.56 Å². The number of hydrogen-bond donors (Lipinski definition) is 0. The molecule has 120 valence electrons. The Morgan fingerprint density at radius 2 is 1.61 bits per heavy atom. The number of non-ortho nitro benzene ring substituents is 1. The third kappa shape index (κ3) is 4.64. The van der Waals surface area contributed by atoms with Crippen molar-refractivity contribution in [3.05, 3.63) is 75.3 Å². The fourth-order valence-electron chi connectivity index (χ4n) is 2.11. The first-order valence-corrected chi connectivity index (χ1v) is 6.67. The van der Waals surface area contributed by atoms with E-state index in [4.69, 9.17) is 0 Å². The van der Waals surface area contributed by atoms with Gasteiger partial charge in [-0.3, -0.25) is 14.9 Å². The summed E-state index contributed by atoms with van der Waals surface area (Å²) in [5, 5.41) is 10.5. The molecule has 2 rings (SSSR count). The molecular formula is C16H12F3NO3. The predicted octanol–water partition coefficient (Wildman–Crippen LogP) is 3.97. The van der Waals surface area contributed by atoms with Crippen molar-refractivity contribution in [1.29, 1.82) is 0 Å². The van der Waals surface area contributed by atoms with Crippen LogP contribution >= 0.6 is 0 Å². The average Bonchev–Trinajstić information content (AvgIpc) is 2.47. The highest BCUT2D eigenvalue weighted by Crippen LogP contribution is 2.29. The van der Waals surface area contributed by atoms with Crippen LogP contribution in [0.15, 0.2) is 48.5 Å². The lowest BCUT2D eigenvalue weighted by atomic mass is 10.0. The number of alkyl halides is 3. The summed E-state index contributed by atoms with van der Waals surface area (Å²) in [4.78, 5) is 21.9. The lowest BCUT2D eigenvalue weighted by molar-refractivity contribution is -0.384.